The van der Waals surface area contributed by atoms with Gasteiger partial charge in [0, 0.05) is 23.3 Å². The van der Waals surface area contributed by atoms with Gasteiger partial charge >= 0.3 is 0 Å². The lowest BCUT2D eigenvalue weighted by Crippen LogP contribution is -2.46. The molecule has 1 aromatic heterocycles. The van der Waals surface area contributed by atoms with Crippen molar-refractivity contribution < 1.29 is 9.90 Å². The van der Waals surface area contributed by atoms with Crippen LogP contribution in [0.25, 0.3) is 0 Å². The van der Waals surface area contributed by atoms with E-state index in [2.05, 4.69) is 20.5 Å². The normalized spacial score (nSPS) is 23.7. The molecule has 2 fully saturated rings. The molecule has 19 heavy (non-hydrogen) atoms. The Morgan fingerprint density at radius 1 is 1.37 bits per heavy atom. The van der Waals surface area contributed by atoms with Gasteiger partial charge in [-0.2, -0.15) is 0 Å². The Labute approximate surface area is 121 Å². The lowest BCUT2D eigenvalue weighted by atomic mass is 10.0. The van der Waals surface area contributed by atoms with Crippen molar-refractivity contribution in [3.05, 3.63) is 22.4 Å². The van der Waals surface area contributed by atoms with Crippen LogP contribution in [0.3, 0.4) is 0 Å². The maximum Gasteiger partial charge on any atom is 0.270 e. The predicted molar refractivity (Wildman–Crippen MR) is 76.2 cm³/mol. The number of piperidine rings is 1. The molecular formula is C14H19BrN2O2. The first kappa shape index (κ1) is 13.2. The van der Waals surface area contributed by atoms with E-state index in [1.165, 1.54) is 0 Å². The van der Waals surface area contributed by atoms with Crippen LogP contribution in [0, 0.1) is 0 Å². The van der Waals surface area contributed by atoms with Crippen molar-refractivity contribution in [2.24, 2.45) is 0 Å². The van der Waals surface area contributed by atoms with E-state index < -0.39 is 0 Å². The second kappa shape index (κ2) is 5.29. The summed E-state index contributed by atoms with van der Waals surface area (Å²) in [7, 11) is 0. The number of aromatic nitrogens is 1. The van der Waals surface area contributed by atoms with Crippen LogP contribution in [0.15, 0.2) is 16.7 Å². The molecule has 1 aliphatic heterocycles. The van der Waals surface area contributed by atoms with Crippen molar-refractivity contribution in [3.63, 3.8) is 0 Å². The molecule has 0 bridgehead atoms. The number of aliphatic hydroxyl groups is 1. The molecule has 2 heterocycles. The third-order valence-electron chi connectivity index (χ3n) is 4.07. The minimum absolute atomic E-state index is 0.0115. The van der Waals surface area contributed by atoms with Crippen LogP contribution >= 0.6 is 15.9 Å². The van der Waals surface area contributed by atoms with Crippen molar-refractivity contribution >= 4 is 21.8 Å². The Hall–Kier alpha value is -0.810. The second-order valence-corrected chi connectivity index (χ2v) is 6.43. The van der Waals surface area contributed by atoms with Crippen LogP contribution in [0.4, 0.5) is 0 Å². The quantitative estimate of drug-likeness (QED) is 0.927. The molecule has 1 saturated carbocycles. The van der Waals surface area contributed by atoms with Crippen LogP contribution in [0.2, 0.25) is 0 Å². The minimum atomic E-state index is -0.0115. The summed E-state index contributed by atoms with van der Waals surface area (Å²) in [4.78, 5) is 14.6. The van der Waals surface area contributed by atoms with E-state index in [4.69, 9.17) is 0 Å². The third-order valence-corrected chi connectivity index (χ3v) is 4.51. The Morgan fingerprint density at radius 2 is 2.16 bits per heavy atom. The highest BCUT2D eigenvalue weighted by molar-refractivity contribution is 9.10. The van der Waals surface area contributed by atoms with Crippen molar-refractivity contribution in [1.82, 2.24) is 9.47 Å². The maximum atomic E-state index is 12.7. The molecule has 2 aliphatic rings. The number of nitrogens with zero attached hydrogens (tertiary/aromatic N) is 2. The number of aliphatic hydroxyl groups excluding tert-OH is 1. The molecule has 1 aliphatic carbocycles. The Balaban J connectivity index is 1.86. The van der Waals surface area contributed by atoms with E-state index in [9.17, 15) is 9.90 Å². The van der Waals surface area contributed by atoms with E-state index >= 15 is 0 Å². The highest BCUT2D eigenvalue weighted by Gasteiger charge is 2.32. The molecule has 4 nitrogen and oxygen atoms in total. The number of hydrogen-bond acceptors (Lipinski definition) is 2. The fourth-order valence-corrected chi connectivity index (χ4v) is 3.31. The Bertz CT molecular complexity index is 482. The molecule has 1 aromatic rings. The summed E-state index contributed by atoms with van der Waals surface area (Å²) in [6.45, 7) is 0.828. The molecule has 1 amide bonds. The number of rotatable bonds is 3. The summed E-state index contributed by atoms with van der Waals surface area (Å²) < 4.78 is 3.05. The molecule has 104 valence electrons. The number of amides is 1. The largest absolute Gasteiger partial charge is 0.394 e. The van der Waals surface area contributed by atoms with Crippen LogP contribution in [-0.2, 0) is 0 Å². The molecule has 0 spiro atoms. The van der Waals surface area contributed by atoms with Gasteiger partial charge in [0.2, 0.25) is 0 Å². The van der Waals surface area contributed by atoms with E-state index in [1.807, 2.05) is 17.2 Å². The van der Waals surface area contributed by atoms with Gasteiger partial charge in [0.15, 0.2) is 0 Å². The van der Waals surface area contributed by atoms with Gasteiger partial charge in [0.1, 0.15) is 5.69 Å². The van der Waals surface area contributed by atoms with Crippen molar-refractivity contribution in [3.8, 4) is 0 Å². The van der Waals surface area contributed by atoms with Gasteiger partial charge in [-0.25, -0.2) is 0 Å². The lowest BCUT2D eigenvalue weighted by molar-refractivity contribution is 0.0492. The van der Waals surface area contributed by atoms with Gasteiger partial charge in [-0.05, 0) is 54.1 Å². The number of carbonyl (C=O) groups excluding carboxylic acids is 1. The van der Waals surface area contributed by atoms with Crippen molar-refractivity contribution in [2.45, 2.75) is 44.2 Å². The summed E-state index contributed by atoms with van der Waals surface area (Å²) in [6, 6.07) is 2.38. The standard InChI is InChI=1S/C14H19BrN2O2/c15-10-7-13(17(8-10)11-4-5-11)14(19)16-6-2-1-3-12(16)9-18/h7-8,11-12,18H,1-6,9H2. The SMILES string of the molecule is O=C(c1cc(Br)cn1C1CC1)N1CCCCC1CO. The van der Waals surface area contributed by atoms with Gasteiger partial charge in [-0.15, -0.1) is 0 Å². The third kappa shape index (κ3) is 2.58. The minimum Gasteiger partial charge on any atom is -0.394 e. The smallest absolute Gasteiger partial charge is 0.270 e. The van der Waals surface area contributed by atoms with Gasteiger partial charge < -0.3 is 14.6 Å². The summed E-state index contributed by atoms with van der Waals surface area (Å²) in [5.74, 6) is 0.0661. The number of hydrogen-bond donors (Lipinski definition) is 1. The first-order valence-corrected chi connectivity index (χ1v) is 7.79. The van der Waals surface area contributed by atoms with E-state index in [1.54, 1.807) is 0 Å². The monoisotopic (exact) mass is 326 g/mol. The number of halogens is 1. The van der Waals surface area contributed by atoms with Crippen LogP contribution in [0.5, 0.6) is 0 Å². The average Bonchev–Trinajstić information content (AvgIpc) is 3.21. The first-order chi connectivity index (χ1) is 9.20. The predicted octanol–water partition coefficient (Wildman–Crippen LogP) is 2.57. The zero-order valence-electron chi connectivity index (χ0n) is 10.9. The molecule has 1 atom stereocenters. The Morgan fingerprint density at radius 3 is 2.84 bits per heavy atom. The zero-order valence-corrected chi connectivity index (χ0v) is 12.5. The average molecular weight is 327 g/mol. The lowest BCUT2D eigenvalue weighted by Gasteiger charge is -2.34. The molecule has 0 radical (unpaired) electrons. The molecular weight excluding hydrogens is 308 g/mol. The molecule has 0 aromatic carbocycles. The molecule has 3 rings (SSSR count). The molecule has 1 N–H and O–H groups in total. The summed E-state index contributed by atoms with van der Waals surface area (Å²) in [5, 5.41) is 9.44. The van der Waals surface area contributed by atoms with E-state index in [0.717, 1.165) is 48.8 Å². The molecule has 5 heteroatoms. The fourth-order valence-electron chi connectivity index (χ4n) is 2.88. The fraction of sp³-hybridized carbons (Fsp3) is 0.643. The summed E-state index contributed by atoms with van der Waals surface area (Å²) in [6.07, 6.45) is 7.36. The number of likely N-dealkylation sites (tertiary alicyclic amines) is 1. The van der Waals surface area contributed by atoms with Crippen LogP contribution in [0.1, 0.15) is 48.6 Å². The van der Waals surface area contributed by atoms with Crippen molar-refractivity contribution in [1.29, 1.82) is 0 Å². The van der Waals surface area contributed by atoms with E-state index in [0.29, 0.717) is 6.04 Å². The zero-order chi connectivity index (χ0) is 13.4. The van der Waals surface area contributed by atoms with Gasteiger partial charge in [-0.3, -0.25) is 4.79 Å². The van der Waals surface area contributed by atoms with Gasteiger partial charge in [-0.1, -0.05) is 0 Å². The van der Waals surface area contributed by atoms with Crippen LogP contribution in [-0.4, -0.2) is 39.7 Å². The van der Waals surface area contributed by atoms with Gasteiger partial charge in [0.25, 0.3) is 5.91 Å². The Kier molecular flexibility index (Phi) is 3.67. The van der Waals surface area contributed by atoms with Gasteiger partial charge in [0.05, 0.1) is 12.6 Å². The molecule has 1 saturated heterocycles. The highest BCUT2D eigenvalue weighted by atomic mass is 79.9. The number of carbonyl (C=O) groups is 1. The second-order valence-electron chi connectivity index (χ2n) is 5.51. The summed E-state index contributed by atoms with van der Waals surface area (Å²) >= 11 is 3.46. The van der Waals surface area contributed by atoms with E-state index in [-0.39, 0.29) is 18.6 Å². The topological polar surface area (TPSA) is 45.5 Å². The first-order valence-electron chi connectivity index (χ1n) is 7.00. The molecule has 1 unspecified atom stereocenters. The highest BCUT2D eigenvalue weighted by Crippen LogP contribution is 2.38. The summed E-state index contributed by atoms with van der Waals surface area (Å²) in [5.41, 5.74) is 0.759. The van der Waals surface area contributed by atoms with Crippen LogP contribution < -0.4 is 0 Å². The van der Waals surface area contributed by atoms with Crippen molar-refractivity contribution in [2.75, 3.05) is 13.2 Å². The maximum absolute atomic E-state index is 12.7.